The van der Waals surface area contributed by atoms with Crippen molar-refractivity contribution in [2.75, 3.05) is 23.4 Å². The minimum absolute atomic E-state index is 0.253. The van der Waals surface area contributed by atoms with E-state index in [4.69, 9.17) is 4.74 Å². The van der Waals surface area contributed by atoms with Crippen molar-refractivity contribution in [1.82, 2.24) is 0 Å². The van der Waals surface area contributed by atoms with E-state index >= 15 is 0 Å². The van der Waals surface area contributed by atoms with Crippen molar-refractivity contribution in [2.24, 2.45) is 0 Å². The normalized spacial score (nSPS) is 13.9. The summed E-state index contributed by atoms with van der Waals surface area (Å²) in [7, 11) is 1.58. The van der Waals surface area contributed by atoms with E-state index in [1.165, 1.54) is 17.9 Å². The van der Waals surface area contributed by atoms with Gasteiger partial charge in [0, 0.05) is 12.7 Å². The number of fused-ring (bicyclic) bond motifs is 1. The standard InChI is InChI=1S/C20H18N2O5/c1-13(19(25)21(2)14-8-4-3-5-9-14)27-17(23)12-22-16-11-7-6-10-15(16)18(24)20(22)26/h3-11,13H,12H2,1-2H3/t13-/m1/s1. The highest BCUT2D eigenvalue weighted by atomic mass is 16.5. The quantitative estimate of drug-likeness (QED) is 0.595. The van der Waals surface area contributed by atoms with Gasteiger partial charge in [-0.2, -0.15) is 0 Å². The van der Waals surface area contributed by atoms with Crippen LogP contribution >= 0.6 is 0 Å². The number of esters is 1. The summed E-state index contributed by atoms with van der Waals surface area (Å²) in [5.74, 6) is -2.62. The zero-order chi connectivity index (χ0) is 19.6. The van der Waals surface area contributed by atoms with Crippen LogP contribution in [0.5, 0.6) is 0 Å². The lowest BCUT2D eigenvalue weighted by Crippen LogP contribution is -2.41. The van der Waals surface area contributed by atoms with E-state index in [9.17, 15) is 19.2 Å². The average molecular weight is 366 g/mol. The van der Waals surface area contributed by atoms with Gasteiger partial charge in [0.15, 0.2) is 6.10 Å². The van der Waals surface area contributed by atoms with Gasteiger partial charge < -0.3 is 9.64 Å². The van der Waals surface area contributed by atoms with Gasteiger partial charge >= 0.3 is 5.97 Å². The molecule has 1 aliphatic rings. The van der Waals surface area contributed by atoms with E-state index in [1.807, 2.05) is 6.07 Å². The van der Waals surface area contributed by atoms with Crippen molar-refractivity contribution in [1.29, 1.82) is 0 Å². The number of amides is 2. The molecule has 3 rings (SSSR count). The molecule has 2 aromatic carbocycles. The predicted molar refractivity (Wildman–Crippen MR) is 98.5 cm³/mol. The van der Waals surface area contributed by atoms with E-state index in [0.717, 1.165) is 4.90 Å². The molecule has 0 unspecified atom stereocenters. The lowest BCUT2D eigenvalue weighted by molar-refractivity contribution is -0.152. The highest BCUT2D eigenvalue weighted by molar-refractivity contribution is 6.52. The molecule has 2 amide bonds. The number of ketones is 1. The van der Waals surface area contributed by atoms with Crippen LogP contribution in [0.3, 0.4) is 0 Å². The highest BCUT2D eigenvalue weighted by Crippen LogP contribution is 2.28. The van der Waals surface area contributed by atoms with Crippen LogP contribution < -0.4 is 9.80 Å². The Labute approximate surface area is 156 Å². The molecule has 0 bridgehead atoms. The molecule has 0 aliphatic carbocycles. The first-order valence-electron chi connectivity index (χ1n) is 8.37. The first-order chi connectivity index (χ1) is 12.9. The van der Waals surface area contributed by atoms with Crippen molar-refractivity contribution < 1.29 is 23.9 Å². The van der Waals surface area contributed by atoms with Gasteiger partial charge in [0.25, 0.3) is 17.6 Å². The minimum Gasteiger partial charge on any atom is -0.451 e. The number of hydrogen-bond acceptors (Lipinski definition) is 5. The molecular formula is C20H18N2O5. The number of benzene rings is 2. The van der Waals surface area contributed by atoms with Gasteiger partial charge in [-0.15, -0.1) is 0 Å². The monoisotopic (exact) mass is 366 g/mol. The fraction of sp³-hybridized carbons (Fsp3) is 0.200. The van der Waals surface area contributed by atoms with E-state index < -0.39 is 36.2 Å². The van der Waals surface area contributed by atoms with E-state index in [1.54, 1.807) is 49.5 Å². The van der Waals surface area contributed by atoms with Crippen LogP contribution in [0.1, 0.15) is 17.3 Å². The molecule has 0 N–H and O–H groups in total. The number of rotatable bonds is 5. The first-order valence-corrected chi connectivity index (χ1v) is 8.37. The number of Topliss-reactive ketones (excluding diaryl/α,β-unsaturated/α-hetero) is 1. The zero-order valence-corrected chi connectivity index (χ0v) is 14.9. The smallest absolute Gasteiger partial charge is 0.326 e. The summed E-state index contributed by atoms with van der Waals surface area (Å²) in [6.45, 7) is 1.03. The van der Waals surface area contributed by atoms with Gasteiger partial charge in [0.05, 0.1) is 11.3 Å². The largest absolute Gasteiger partial charge is 0.451 e. The number of anilines is 2. The van der Waals surface area contributed by atoms with Crippen LogP contribution in [-0.2, 0) is 19.1 Å². The van der Waals surface area contributed by atoms with Gasteiger partial charge in [-0.3, -0.25) is 24.1 Å². The lowest BCUT2D eigenvalue weighted by atomic mass is 10.1. The Morgan fingerprint density at radius 2 is 1.67 bits per heavy atom. The lowest BCUT2D eigenvalue weighted by Gasteiger charge is -2.22. The fourth-order valence-corrected chi connectivity index (χ4v) is 2.87. The maximum absolute atomic E-state index is 12.4. The maximum Gasteiger partial charge on any atom is 0.326 e. The Hall–Kier alpha value is -3.48. The summed E-state index contributed by atoms with van der Waals surface area (Å²) in [5.41, 5.74) is 1.28. The number of para-hydroxylation sites is 2. The van der Waals surface area contributed by atoms with Gasteiger partial charge in [-0.05, 0) is 31.2 Å². The molecule has 0 saturated heterocycles. The van der Waals surface area contributed by atoms with Crippen LogP contribution in [0.2, 0.25) is 0 Å². The Bertz CT molecular complexity index is 910. The number of ether oxygens (including phenoxy) is 1. The molecule has 7 nitrogen and oxygen atoms in total. The summed E-state index contributed by atoms with van der Waals surface area (Å²) in [5, 5.41) is 0. The van der Waals surface area contributed by atoms with E-state index in [2.05, 4.69) is 0 Å². The topological polar surface area (TPSA) is 84.0 Å². The molecule has 138 valence electrons. The Balaban J connectivity index is 1.65. The van der Waals surface area contributed by atoms with Gasteiger partial charge in [-0.25, -0.2) is 0 Å². The molecule has 2 aromatic rings. The zero-order valence-electron chi connectivity index (χ0n) is 14.9. The van der Waals surface area contributed by atoms with Gasteiger partial charge in [0.2, 0.25) is 0 Å². The molecular weight excluding hydrogens is 348 g/mol. The van der Waals surface area contributed by atoms with Crippen LogP contribution in [-0.4, -0.2) is 43.3 Å². The highest BCUT2D eigenvalue weighted by Gasteiger charge is 2.37. The Morgan fingerprint density at radius 1 is 1.04 bits per heavy atom. The summed E-state index contributed by atoms with van der Waals surface area (Å²) >= 11 is 0. The third kappa shape index (κ3) is 3.57. The molecule has 1 heterocycles. The van der Waals surface area contributed by atoms with Crippen molar-refractivity contribution in [2.45, 2.75) is 13.0 Å². The van der Waals surface area contributed by atoms with Gasteiger partial charge in [-0.1, -0.05) is 30.3 Å². The molecule has 1 atom stereocenters. The summed E-state index contributed by atoms with van der Waals surface area (Å²) < 4.78 is 5.18. The van der Waals surface area contributed by atoms with Crippen LogP contribution in [0.4, 0.5) is 11.4 Å². The second-order valence-corrected chi connectivity index (χ2v) is 6.10. The molecule has 0 aromatic heterocycles. The fourth-order valence-electron chi connectivity index (χ4n) is 2.87. The predicted octanol–water partition coefficient (Wildman–Crippen LogP) is 1.81. The number of likely N-dealkylation sites (N-methyl/N-ethyl adjacent to an activating group) is 1. The molecule has 0 spiro atoms. The second kappa shape index (κ2) is 7.41. The van der Waals surface area contributed by atoms with Crippen molar-refractivity contribution in [3.8, 4) is 0 Å². The minimum atomic E-state index is -1.04. The van der Waals surface area contributed by atoms with E-state index in [-0.39, 0.29) is 5.56 Å². The Morgan fingerprint density at radius 3 is 2.37 bits per heavy atom. The van der Waals surface area contributed by atoms with Crippen molar-refractivity contribution in [3.05, 3.63) is 60.2 Å². The van der Waals surface area contributed by atoms with Crippen molar-refractivity contribution >= 4 is 34.9 Å². The molecule has 27 heavy (non-hydrogen) atoms. The molecule has 0 radical (unpaired) electrons. The third-order valence-corrected chi connectivity index (χ3v) is 4.30. The maximum atomic E-state index is 12.4. The summed E-state index contributed by atoms with van der Waals surface area (Å²) in [6.07, 6.45) is -1.04. The molecule has 1 aliphatic heterocycles. The molecule has 0 saturated carbocycles. The SMILES string of the molecule is C[C@@H](OC(=O)CN1C(=O)C(=O)c2ccccc21)C(=O)N(C)c1ccccc1. The summed E-state index contributed by atoms with van der Waals surface area (Å²) in [6, 6.07) is 15.4. The third-order valence-electron chi connectivity index (χ3n) is 4.30. The first kappa shape index (κ1) is 18.3. The number of carbonyl (C=O) groups excluding carboxylic acids is 4. The average Bonchev–Trinajstić information content (AvgIpc) is 2.92. The van der Waals surface area contributed by atoms with Crippen LogP contribution in [0, 0.1) is 0 Å². The van der Waals surface area contributed by atoms with Crippen LogP contribution in [0.15, 0.2) is 54.6 Å². The van der Waals surface area contributed by atoms with Crippen molar-refractivity contribution in [3.63, 3.8) is 0 Å². The molecule has 0 fully saturated rings. The van der Waals surface area contributed by atoms with E-state index in [0.29, 0.717) is 11.4 Å². The number of hydrogen-bond donors (Lipinski definition) is 0. The van der Waals surface area contributed by atoms with Crippen LogP contribution in [0.25, 0.3) is 0 Å². The second-order valence-electron chi connectivity index (χ2n) is 6.10. The number of nitrogens with zero attached hydrogens (tertiary/aromatic N) is 2. The summed E-state index contributed by atoms with van der Waals surface area (Å²) in [4.78, 5) is 51.2. The number of carbonyl (C=O) groups is 4. The molecule has 7 heteroatoms. The van der Waals surface area contributed by atoms with Gasteiger partial charge in [0.1, 0.15) is 6.54 Å². The Kier molecular flexibility index (Phi) is 5.03.